The molecule has 0 saturated heterocycles. The maximum absolute atomic E-state index is 3.77. The van der Waals surface area contributed by atoms with Gasteiger partial charge >= 0.3 is 0 Å². The van der Waals surface area contributed by atoms with E-state index in [0.717, 1.165) is 19.4 Å². The van der Waals surface area contributed by atoms with Crippen molar-refractivity contribution in [3.8, 4) is 0 Å². The van der Waals surface area contributed by atoms with E-state index in [1.807, 2.05) is 6.08 Å². The van der Waals surface area contributed by atoms with Gasteiger partial charge in [0.05, 0.1) is 6.04 Å². The van der Waals surface area contributed by atoms with Crippen molar-refractivity contribution in [1.29, 1.82) is 0 Å². The molecule has 0 aliphatic heterocycles. The van der Waals surface area contributed by atoms with Crippen molar-refractivity contribution in [3.63, 3.8) is 0 Å². The molecule has 0 aliphatic carbocycles. The highest BCUT2D eigenvalue weighted by molar-refractivity contribution is 5.31. The lowest BCUT2D eigenvalue weighted by Gasteiger charge is -2.19. The number of benzene rings is 2. The van der Waals surface area contributed by atoms with E-state index in [-0.39, 0.29) is 6.04 Å². The monoisotopic (exact) mass is 251 g/mol. The number of hydrogen-bond donors (Lipinski definition) is 1. The van der Waals surface area contributed by atoms with Crippen molar-refractivity contribution >= 4 is 0 Å². The van der Waals surface area contributed by atoms with Gasteiger partial charge < -0.3 is 5.32 Å². The Kier molecular flexibility index (Phi) is 5.39. The zero-order valence-corrected chi connectivity index (χ0v) is 11.3. The lowest BCUT2D eigenvalue weighted by atomic mass is 9.98. The van der Waals surface area contributed by atoms with Crippen LogP contribution in [0.15, 0.2) is 73.3 Å². The van der Waals surface area contributed by atoms with Crippen LogP contribution in [0.5, 0.6) is 0 Å². The third kappa shape index (κ3) is 4.08. The molecule has 0 radical (unpaired) electrons. The summed E-state index contributed by atoms with van der Waals surface area (Å²) in [5.41, 5.74) is 2.62. The molecular weight excluding hydrogens is 230 g/mol. The van der Waals surface area contributed by atoms with Crippen molar-refractivity contribution in [3.05, 3.63) is 84.4 Å². The van der Waals surface area contributed by atoms with Crippen molar-refractivity contribution in [2.24, 2.45) is 0 Å². The van der Waals surface area contributed by atoms with Crippen LogP contribution in [0.3, 0.4) is 0 Å². The maximum Gasteiger partial charge on any atom is 0.0576 e. The minimum absolute atomic E-state index is 0.271. The number of unbranched alkanes of at least 4 members (excludes halogenated alkanes) is 1. The largest absolute Gasteiger partial charge is 0.306 e. The molecule has 98 valence electrons. The van der Waals surface area contributed by atoms with Crippen LogP contribution in [-0.2, 0) is 0 Å². The number of hydrogen-bond acceptors (Lipinski definition) is 1. The molecule has 0 aromatic heterocycles. The second-order valence-corrected chi connectivity index (χ2v) is 4.64. The van der Waals surface area contributed by atoms with E-state index < -0.39 is 0 Å². The van der Waals surface area contributed by atoms with Crippen LogP contribution >= 0.6 is 0 Å². The Hall–Kier alpha value is -1.86. The lowest BCUT2D eigenvalue weighted by Crippen LogP contribution is -2.23. The zero-order chi connectivity index (χ0) is 13.3. The molecule has 0 heterocycles. The summed E-state index contributed by atoms with van der Waals surface area (Å²) in [5, 5.41) is 3.64. The standard InChI is InChI=1S/C18H21N/c1-2-3-10-15-19-18(16-11-6-4-7-12-16)17-13-8-5-9-14-17/h2,4-9,11-14,18-19H,1,3,10,15H2. The average Bonchev–Trinajstić information content (AvgIpc) is 2.49. The third-order valence-corrected chi connectivity index (χ3v) is 3.20. The Morgan fingerprint density at radius 2 is 1.42 bits per heavy atom. The smallest absolute Gasteiger partial charge is 0.0576 e. The first kappa shape index (κ1) is 13.6. The molecule has 2 aromatic rings. The topological polar surface area (TPSA) is 12.0 Å². The third-order valence-electron chi connectivity index (χ3n) is 3.20. The summed E-state index contributed by atoms with van der Waals surface area (Å²) in [6.45, 7) is 4.77. The molecule has 2 aromatic carbocycles. The SMILES string of the molecule is C=CCCCNC(c1ccccc1)c1ccccc1. The Bertz CT molecular complexity index is 436. The van der Waals surface area contributed by atoms with E-state index in [2.05, 4.69) is 72.6 Å². The van der Waals surface area contributed by atoms with Gasteiger partial charge in [0.25, 0.3) is 0 Å². The Balaban J connectivity index is 2.12. The molecule has 0 fully saturated rings. The van der Waals surface area contributed by atoms with Gasteiger partial charge in [0, 0.05) is 0 Å². The quantitative estimate of drug-likeness (QED) is 0.570. The van der Waals surface area contributed by atoms with Crippen LogP contribution in [0.1, 0.15) is 30.0 Å². The van der Waals surface area contributed by atoms with Crippen LogP contribution in [0.2, 0.25) is 0 Å². The minimum Gasteiger partial charge on any atom is -0.306 e. The Morgan fingerprint density at radius 1 is 0.895 bits per heavy atom. The normalized spacial score (nSPS) is 10.6. The van der Waals surface area contributed by atoms with E-state index in [1.54, 1.807) is 0 Å². The molecule has 1 nitrogen and oxygen atoms in total. The van der Waals surface area contributed by atoms with E-state index in [1.165, 1.54) is 11.1 Å². The first-order valence-electron chi connectivity index (χ1n) is 6.86. The number of nitrogens with one attached hydrogen (secondary N) is 1. The summed E-state index contributed by atoms with van der Waals surface area (Å²) < 4.78 is 0. The molecule has 1 N–H and O–H groups in total. The summed E-state index contributed by atoms with van der Waals surface area (Å²) >= 11 is 0. The molecule has 0 bridgehead atoms. The molecule has 0 aliphatic rings. The summed E-state index contributed by atoms with van der Waals surface area (Å²) in [6.07, 6.45) is 4.16. The van der Waals surface area contributed by atoms with Crippen molar-refractivity contribution < 1.29 is 0 Å². The van der Waals surface area contributed by atoms with Gasteiger partial charge in [0.2, 0.25) is 0 Å². The van der Waals surface area contributed by atoms with Gasteiger partial charge in [0.15, 0.2) is 0 Å². The van der Waals surface area contributed by atoms with Crippen LogP contribution in [0, 0.1) is 0 Å². The first-order chi connectivity index (χ1) is 9.42. The van der Waals surface area contributed by atoms with Crippen LogP contribution in [-0.4, -0.2) is 6.54 Å². The average molecular weight is 251 g/mol. The fraction of sp³-hybridized carbons (Fsp3) is 0.222. The fourth-order valence-corrected chi connectivity index (χ4v) is 2.21. The summed E-state index contributed by atoms with van der Waals surface area (Å²) in [5.74, 6) is 0. The van der Waals surface area contributed by atoms with Gasteiger partial charge in [-0.15, -0.1) is 6.58 Å². The number of rotatable bonds is 7. The second kappa shape index (κ2) is 7.55. The molecule has 2 rings (SSSR count). The van der Waals surface area contributed by atoms with E-state index >= 15 is 0 Å². The predicted octanol–water partition coefficient (Wildman–Crippen LogP) is 4.33. The van der Waals surface area contributed by atoms with E-state index in [4.69, 9.17) is 0 Å². The van der Waals surface area contributed by atoms with Crippen molar-refractivity contribution in [1.82, 2.24) is 5.32 Å². The Morgan fingerprint density at radius 3 is 1.89 bits per heavy atom. The summed E-state index contributed by atoms with van der Waals surface area (Å²) in [4.78, 5) is 0. The highest BCUT2D eigenvalue weighted by atomic mass is 14.9. The summed E-state index contributed by atoms with van der Waals surface area (Å²) in [6, 6.07) is 21.5. The van der Waals surface area contributed by atoms with E-state index in [0.29, 0.717) is 0 Å². The van der Waals surface area contributed by atoms with Gasteiger partial charge in [-0.1, -0.05) is 66.7 Å². The molecule has 0 unspecified atom stereocenters. The fourth-order valence-electron chi connectivity index (χ4n) is 2.21. The summed E-state index contributed by atoms with van der Waals surface area (Å²) in [7, 11) is 0. The maximum atomic E-state index is 3.77. The first-order valence-corrected chi connectivity index (χ1v) is 6.86. The molecule has 1 heteroatoms. The van der Waals surface area contributed by atoms with Crippen molar-refractivity contribution in [2.75, 3.05) is 6.54 Å². The van der Waals surface area contributed by atoms with Gasteiger partial charge in [-0.3, -0.25) is 0 Å². The van der Waals surface area contributed by atoms with Crippen molar-refractivity contribution in [2.45, 2.75) is 18.9 Å². The van der Waals surface area contributed by atoms with Crippen LogP contribution in [0.25, 0.3) is 0 Å². The van der Waals surface area contributed by atoms with Gasteiger partial charge in [-0.25, -0.2) is 0 Å². The van der Waals surface area contributed by atoms with E-state index in [9.17, 15) is 0 Å². The molecule has 0 amide bonds. The zero-order valence-electron chi connectivity index (χ0n) is 11.3. The van der Waals surface area contributed by atoms with Gasteiger partial charge in [-0.05, 0) is 30.5 Å². The number of allylic oxidation sites excluding steroid dienone is 1. The predicted molar refractivity (Wildman–Crippen MR) is 82.2 cm³/mol. The van der Waals surface area contributed by atoms with Crippen LogP contribution < -0.4 is 5.32 Å². The molecule has 19 heavy (non-hydrogen) atoms. The lowest BCUT2D eigenvalue weighted by molar-refractivity contribution is 0.587. The Labute approximate surface area is 116 Å². The van der Waals surface area contributed by atoms with Crippen LogP contribution in [0.4, 0.5) is 0 Å². The molecular formula is C18H21N. The molecule has 0 saturated carbocycles. The molecule has 0 atom stereocenters. The van der Waals surface area contributed by atoms with Gasteiger partial charge in [-0.2, -0.15) is 0 Å². The highest BCUT2D eigenvalue weighted by Gasteiger charge is 2.11. The second-order valence-electron chi connectivity index (χ2n) is 4.64. The highest BCUT2D eigenvalue weighted by Crippen LogP contribution is 2.21. The minimum atomic E-state index is 0.271. The molecule has 0 spiro atoms. The van der Waals surface area contributed by atoms with Gasteiger partial charge in [0.1, 0.15) is 0 Å².